The van der Waals surface area contributed by atoms with Crippen LogP contribution < -0.4 is 20.6 Å². The molecule has 2 aromatic carbocycles. The lowest BCUT2D eigenvalue weighted by Crippen LogP contribution is -2.44. The van der Waals surface area contributed by atoms with Crippen molar-refractivity contribution in [2.24, 2.45) is 14.1 Å². The Kier molecular flexibility index (Phi) is 5.99. The molecule has 7 heteroatoms. The predicted octanol–water partition coefficient (Wildman–Crippen LogP) is 4.29. The van der Waals surface area contributed by atoms with E-state index in [2.05, 4.69) is 70.8 Å². The van der Waals surface area contributed by atoms with Gasteiger partial charge in [0.15, 0.2) is 0 Å². The number of aromatic nitrogens is 4. The second kappa shape index (κ2) is 8.56. The number of hydrogen-bond donors (Lipinski definition) is 1. The molecule has 0 aliphatic carbocycles. The maximum absolute atomic E-state index is 13.2. The number of nitrogens with one attached hydrogen (secondary N) is 1. The van der Waals surface area contributed by atoms with Gasteiger partial charge in [-0.3, -0.25) is 13.9 Å². The Bertz CT molecular complexity index is 1490. The SMILES string of the molecule is Cn1c(=O)c2c([nH]c(Oc3ccc(C(C)(C)C)cc3)[n+]2Cc2ccc(C(C)(C)C)cc2)n(C)c1=O. The summed E-state index contributed by atoms with van der Waals surface area (Å²) in [6, 6.07) is 16.7. The second-order valence-electron chi connectivity index (χ2n) is 11.2. The van der Waals surface area contributed by atoms with Crippen molar-refractivity contribution in [3.05, 3.63) is 86.1 Å². The molecule has 0 spiro atoms. The van der Waals surface area contributed by atoms with Gasteiger partial charge in [-0.25, -0.2) is 4.79 Å². The van der Waals surface area contributed by atoms with E-state index in [0.29, 0.717) is 29.5 Å². The average Bonchev–Trinajstić information content (AvgIpc) is 3.13. The zero-order chi connectivity index (χ0) is 25.7. The summed E-state index contributed by atoms with van der Waals surface area (Å²) in [5, 5.41) is 0. The molecule has 7 nitrogen and oxygen atoms in total. The highest BCUT2D eigenvalue weighted by molar-refractivity contribution is 5.66. The Morgan fingerprint density at radius 1 is 0.800 bits per heavy atom. The highest BCUT2D eigenvalue weighted by atomic mass is 16.5. The van der Waals surface area contributed by atoms with Gasteiger partial charge < -0.3 is 4.74 Å². The van der Waals surface area contributed by atoms with Gasteiger partial charge in [0.25, 0.3) is 11.2 Å². The maximum atomic E-state index is 13.2. The molecule has 35 heavy (non-hydrogen) atoms. The first-order chi connectivity index (χ1) is 16.3. The van der Waals surface area contributed by atoms with Gasteiger partial charge in [-0.2, -0.15) is 9.55 Å². The van der Waals surface area contributed by atoms with Crippen molar-refractivity contribution < 1.29 is 9.30 Å². The molecular weight excluding hydrogens is 440 g/mol. The smallest absolute Gasteiger partial charge is 0.392 e. The third kappa shape index (κ3) is 4.67. The van der Waals surface area contributed by atoms with Crippen LogP contribution >= 0.6 is 0 Å². The highest BCUT2D eigenvalue weighted by Crippen LogP contribution is 2.27. The molecule has 4 aromatic rings. The molecule has 0 radical (unpaired) electrons. The van der Waals surface area contributed by atoms with E-state index in [0.717, 1.165) is 10.1 Å². The second-order valence-corrected chi connectivity index (χ2v) is 11.2. The number of benzene rings is 2. The largest absolute Gasteiger partial charge is 0.462 e. The van der Waals surface area contributed by atoms with E-state index in [-0.39, 0.29) is 16.4 Å². The molecule has 0 bridgehead atoms. The average molecular weight is 476 g/mol. The summed E-state index contributed by atoms with van der Waals surface area (Å²) in [4.78, 5) is 28.9. The molecule has 0 aliphatic rings. The number of H-pyrrole nitrogens is 1. The van der Waals surface area contributed by atoms with E-state index in [1.165, 1.54) is 22.7 Å². The number of rotatable bonds is 4. The first kappa shape index (κ1) is 24.5. The molecule has 184 valence electrons. The fraction of sp³-hybridized carbons (Fsp3) is 0.393. The molecule has 0 fully saturated rings. The Labute approximate surface area is 205 Å². The zero-order valence-electron chi connectivity index (χ0n) is 21.9. The van der Waals surface area contributed by atoms with Gasteiger partial charge in [-0.05, 0) is 39.7 Å². The molecule has 4 rings (SSSR count). The van der Waals surface area contributed by atoms with Gasteiger partial charge in [0.05, 0.1) is 0 Å². The summed E-state index contributed by atoms with van der Waals surface area (Å²) in [6.45, 7) is 13.4. The van der Waals surface area contributed by atoms with Gasteiger partial charge in [-0.1, -0.05) is 77.9 Å². The van der Waals surface area contributed by atoms with Crippen LogP contribution in [-0.2, 0) is 31.5 Å². The molecule has 2 heterocycles. The number of ether oxygens (including phenoxy) is 1. The summed E-state index contributed by atoms with van der Waals surface area (Å²) in [7, 11) is 3.14. The fourth-order valence-corrected chi connectivity index (χ4v) is 4.14. The highest BCUT2D eigenvalue weighted by Gasteiger charge is 2.28. The molecule has 1 N–H and O–H groups in total. The van der Waals surface area contributed by atoms with E-state index in [1.54, 1.807) is 11.6 Å². The lowest BCUT2D eigenvalue weighted by molar-refractivity contribution is -0.667. The number of aryl methyl sites for hydroxylation is 1. The van der Waals surface area contributed by atoms with Crippen LogP contribution in [0.25, 0.3) is 11.2 Å². The maximum Gasteiger partial charge on any atom is 0.462 e. The normalized spacial score (nSPS) is 12.3. The molecule has 0 saturated heterocycles. The first-order valence-electron chi connectivity index (χ1n) is 11.9. The van der Waals surface area contributed by atoms with Crippen LogP contribution in [0.4, 0.5) is 0 Å². The van der Waals surface area contributed by atoms with Crippen molar-refractivity contribution in [1.29, 1.82) is 0 Å². The summed E-state index contributed by atoms with van der Waals surface area (Å²) in [5.74, 6) is 0.642. The Morgan fingerprint density at radius 3 is 1.83 bits per heavy atom. The number of nitrogens with zero attached hydrogens (tertiary/aromatic N) is 3. The quantitative estimate of drug-likeness (QED) is 0.448. The van der Waals surface area contributed by atoms with E-state index in [1.807, 2.05) is 24.3 Å². The number of hydrogen-bond acceptors (Lipinski definition) is 3. The molecular formula is C28H35N4O3+. The Hall–Kier alpha value is -3.61. The molecule has 0 aliphatic heterocycles. The van der Waals surface area contributed by atoms with Gasteiger partial charge in [0, 0.05) is 14.1 Å². The molecule has 0 saturated carbocycles. The van der Waals surface area contributed by atoms with E-state index >= 15 is 0 Å². The van der Waals surface area contributed by atoms with Crippen LogP contribution in [0.3, 0.4) is 0 Å². The van der Waals surface area contributed by atoms with Gasteiger partial charge >= 0.3 is 17.3 Å². The van der Waals surface area contributed by atoms with Crippen LogP contribution in [0.2, 0.25) is 0 Å². The van der Waals surface area contributed by atoms with Crippen LogP contribution in [0, 0.1) is 0 Å². The van der Waals surface area contributed by atoms with Crippen LogP contribution in [0.15, 0.2) is 58.1 Å². The van der Waals surface area contributed by atoms with Crippen molar-refractivity contribution >= 4 is 11.2 Å². The minimum absolute atomic E-state index is 0.0310. The molecule has 2 aromatic heterocycles. The van der Waals surface area contributed by atoms with Crippen molar-refractivity contribution in [3.8, 4) is 11.8 Å². The van der Waals surface area contributed by atoms with Crippen LogP contribution in [0.5, 0.6) is 11.8 Å². The standard InChI is InChI=1S/C28H34N4O3/c1-27(2,3)19-11-9-18(10-12-19)17-32-22-23(30(7)26(34)31(8)24(22)33)29-25(32)35-21-15-13-20(14-16-21)28(4,5)6/h9-16H,17H2,1-8H3/p+1. The predicted molar refractivity (Wildman–Crippen MR) is 138 cm³/mol. The summed E-state index contributed by atoms with van der Waals surface area (Å²) in [6.07, 6.45) is 0. The van der Waals surface area contributed by atoms with Gasteiger partial charge in [0.1, 0.15) is 12.3 Å². The van der Waals surface area contributed by atoms with Crippen molar-refractivity contribution in [3.63, 3.8) is 0 Å². The number of imidazole rings is 1. The monoisotopic (exact) mass is 475 g/mol. The topological polar surface area (TPSA) is 72.9 Å². The first-order valence-corrected chi connectivity index (χ1v) is 11.9. The van der Waals surface area contributed by atoms with Gasteiger partial charge in [-0.15, -0.1) is 0 Å². The third-order valence-electron chi connectivity index (χ3n) is 6.48. The van der Waals surface area contributed by atoms with E-state index in [9.17, 15) is 9.59 Å². The zero-order valence-corrected chi connectivity index (χ0v) is 21.9. The minimum Gasteiger partial charge on any atom is -0.392 e. The summed E-state index contributed by atoms with van der Waals surface area (Å²) < 4.78 is 10.6. The molecule has 0 atom stereocenters. The lowest BCUT2D eigenvalue weighted by Gasteiger charge is -2.19. The fourth-order valence-electron chi connectivity index (χ4n) is 4.14. The minimum atomic E-state index is -0.397. The van der Waals surface area contributed by atoms with Crippen molar-refractivity contribution in [2.75, 3.05) is 0 Å². The van der Waals surface area contributed by atoms with E-state index < -0.39 is 5.69 Å². The van der Waals surface area contributed by atoms with Crippen LogP contribution in [-0.4, -0.2) is 14.1 Å². The number of fused-ring (bicyclic) bond motifs is 1. The lowest BCUT2D eigenvalue weighted by atomic mass is 9.87. The van der Waals surface area contributed by atoms with Crippen molar-refractivity contribution in [1.82, 2.24) is 14.1 Å². The van der Waals surface area contributed by atoms with Gasteiger partial charge in [0.2, 0.25) is 0 Å². The Morgan fingerprint density at radius 2 is 1.31 bits per heavy atom. The summed E-state index contributed by atoms with van der Waals surface area (Å²) in [5.41, 5.74) is 3.57. The van der Waals surface area contributed by atoms with Crippen LogP contribution in [0.1, 0.15) is 58.2 Å². The third-order valence-corrected chi connectivity index (χ3v) is 6.48. The summed E-state index contributed by atoms with van der Waals surface area (Å²) >= 11 is 0. The van der Waals surface area contributed by atoms with Crippen molar-refractivity contribution in [2.45, 2.75) is 58.9 Å². The molecule has 0 amide bonds. The number of aromatic amines is 1. The Balaban J connectivity index is 1.83. The van der Waals surface area contributed by atoms with E-state index in [4.69, 9.17) is 4.74 Å². The molecule has 0 unspecified atom stereocenters.